The highest BCUT2D eigenvalue weighted by Crippen LogP contribution is 2.39. The Hall–Kier alpha value is -1.11. The van der Waals surface area contributed by atoms with Crippen LogP contribution in [0.4, 0.5) is 0 Å². The van der Waals surface area contributed by atoms with Crippen molar-refractivity contribution in [2.24, 2.45) is 5.92 Å². The Labute approximate surface area is 164 Å². The molecule has 0 radical (unpaired) electrons. The maximum Gasteiger partial charge on any atom is 0.226 e. The molecule has 144 valence electrons. The lowest BCUT2D eigenvalue weighted by molar-refractivity contribution is -0.161. The molecule has 1 aliphatic rings. The molecule has 1 aliphatic heterocycles. The van der Waals surface area contributed by atoms with Crippen LogP contribution >= 0.6 is 12.2 Å². The van der Waals surface area contributed by atoms with Crippen LogP contribution in [-0.4, -0.2) is 41.2 Å². The second-order valence-electron chi connectivity index (χ2n) is 8.92. The van der Waals surface area contributed by atoms with Crippen LogP contribution < -0.4 is 0 Å². The van der Waals surface area contributed by atoms with Gasteiger partial charge in [-0.3, -0.25) is 9.78 Å². The molecule has 3 atom stereocenters. The molecule has 0 bridgehead atoms. The molecule has 1 fully saturated rings. The maximum atomic E-state index is 12.3. The number of pyridine rings is 1. The maximum absolute atomic E-state index is 12.3. The minimum atomic E-state index is -1.94. The third-order valence-electron chi connectivity index (χ3n) is 5.85. The van der Waals surface area contributed by atoms with Crippen molar-refractivity contribution in [1.82, 2.24) is 9.88 Å². The molecule has 4 nitrogen and oxygen atoms in total. The number of rotatable bonds is 6. The van der Waals surface area contributed by atoms with E-state index in [1.165, 1.54) is 0 Å². The molecule has 26 heavy (non-hydrogen) atoms. The van der Waals surface area contributed by atoms with Crippen molar-refractivity contribution in [2.75, 3.05) is 0 Å². The summed E-state index contributed by atoms with van der Waals surface area (Å²) in [5, 5.41) is 0.108. The summed E-state index contributed by atoms with van der Waals surface area (Å²) in [6, 6.07) is 4.06. The number of β-lactam (4-membered cyclic amide) rings is 1. The molecule has 2 unspecified atom stereocenters. The van der Waals surface area contributed by atoms with Crippen molar-refractivity contribution in [3.05, 3.63) is 29.6 Å². The molecular weight excluding hydrogens is 360 g/mol. The van der Waals surface area contributed by atoms with E-state index in [0.717, 1.165) is 16.1 Å². The van der Waals surface area contributed by atoms with Crippen LogP contribution in [0.2, 0.25) is 18.1 Å². The normalized spacial score (nSPS) is 20.5. The lowest BCUT2D eigenvalue weighted by Crippen LogP contribution is -2.62. The minimum absolute atomic E-state index is 0.0717. The van der Waals surface area contributed by atoms with Gasteiger partial charge in [-0.2, -0.15) is 0 Å². The lowest BCUT2D eigenvalue weighted by Gasteiger charge is -2.50. The van der Waals surface area contributed by atoms with E-state index in [4.69, 9.17) is 16.6 Å². The monoisotopic (exact) mass is 392 g/mol. The first-order valence-corrected chi connectivity index (χ1v) is 12.6. The largest absolute Gasteiger partial charge is 0.397 e. The first-order valence-electron chi connectivity index (χ1n) is 9.31. The van der Waals surface area contributed by atoms with Crippen LogP contribution in [0.1, 0.15) is 52.3 Å². The van der Waals surface area contributed by atoms with Crippen molar-refractivity contribution >= 4 is 31.3 Å². The van der Waals surface area contributed by atoms with Gasteiger partial charge < -0.3 is 9.33 Å². The van der Waals surface area contributed by atoms with E-state index >= 15 is 0 Å². The predicted octanol–water partition coefficient (Wildman–Crippen LogP) is 4.71. The Morgan fingerprint density at radius 1 is 1.38 bits per heavy atom. The quantitative estimate of drug-likeness (QED) is 0.304. The Morgan fingerprint density at radius 2 is 2.00 bits per heavy atom. The van der Waals surface area contributed by atoms with E-state index in [-0.39, 0.29) is 29.1 Å². The molecular formula is C20H32N2O2SSi. The second kappa shape index (κ2) is 7.48. The topological polar surface area (TPSA) is 42.4 Å². The molecule has 0 saturated carbocycles. The summed E-state index contributed by atoms with van der Waals surface area (Å²) < 4.78 is 6.45. The van der Waals surface area contributed by atoms with Crippen LogP contribution in [0, 0.1) is 12.8 Å². The zero-order chi connectivity index (χ0) is 19.9. The second-order valence-corrected chi connectivity index (χ2v) is 14.1. The van der Waals surface area contributed by atoms with Crippen molar-refractivity contribution in [3.8, 4) is 0 Å². The summed E-state index contributed by atoms with van der Waals surface area (Å²) in [5.41, 5.74) is 1.98. The lowest BCUT2D eigenvalue weighted by atomic mass is 9.86. The van der Waals surface area contributed by atoms with Gasteiger partial charge in [0.15, 0.2) is 8.32 Å². The van der Waals surface area contributed by atoms with Gasteiger partial charge in [0.05, 0.1) is 11.7 Å². The smallest absolute Gasteiger partial charge is 0.226 e. The zero-order valence-corrected chi connectivity index (χ0v) is 19.1. The highest BCUT2D eigenvalue weighted by Gasteiger charge is 2.47. The van der Waals surface area contributed by atoms with E-state index in [1.54, 1.807) is 6.20 Å². The van der Waals surface area contributed by atoms with Gasteiger partial charge in [-0.1, -0.05) is 39.9 Å². The van der Waals surface area contributed by atoms with Gasteiger partial charge in [0.25, 0.3) is 0 Å². The summed E-state index contributed by atoms with van der Waals surface area (Å²) >= 11 is 5.69. The summed E-state index contributed by atoms with van der Waals surface area (Å²) in [6.45, 7) is 17.2. The van der Waals surface area contributed by atoms with E-state index < -0.39 is 8.32 Å². The number of amides is 1. The Balaban J connectivity index is 2.13. The Morgan fingerprint density at radius 3 is 2.50 bits per heavy atom. The third kappa shape index (κ3) is 4.23. The van der Waals surface area contributed by atoms with Crippen molar-refractivity contribution in [1.29, 1.82) is 0 Å². The fourth-order valence-electron chi connectivity index (χ4n) is 3.08. The molecule has 0 spiro atoms. The number of likely N-dealkylation sites (tertiary alicyclic amines) is 1. The van der Waals surface area contributed by atoms with E-state index in [9.17, 15) is 4.79 Å². The van der Waals surface area contributed by atoms with Crippen LogP contribution in [0.5, 0.6) is 0 Å². The molecule has 2 heterocycles. The van der Waals surface area contributed by atoms with E-state index in [2.05, 4.69) is 45.8 Å². The van der Waals surface area contributed by atoms with Crippen molar-refractivity contribution < 1.29 is 9.22 Å². The van der Waals surface area contributed by atoms with Crippen molar-refractivity contribution in [3.63, 3.8) is 0 Å². The fourth-order valence-corrected chi connectivity index (χ4v) is 4.67. The number of carbonyl (C=O) groups excluding carboxylic acids is 1. The molecule has 0 N–H and O–H groups in total. The van der Waals surface area contributed by atoms with Gasteiger partial charge in [-0.25, -0.2) is 0 Å². The number of aromatic nitrogens is 1. The summed E-state index contributed by atoms with van der Waals surface area (Å²) in [6.07, 6.45) is 2.09. The van der Waals surface area contributed by atoms with Gasteiger partial charge in [0.2, 0.25) is 5.91 Å². The molecule has 1 amide bonds. The molecule has 0 aromatic carbocycles. The number of carbonyl (C=O) groups is 1. The third-order valence-corrected chi connectivity index (χ3v) is 11.0. The summed E-state index contributed by atoms with van der Waals surface area (Å²) in [4.78, 5) is 19.4. The molecule has 1 aromatic heterocycles. The number of hydrogen-bond acceptors (Lipinski definition) is 4. The highest BCUT2D eigenvalue weighted by molar-refractivity contribution is 7.80. The number of hydrogen-bond donors (Lipinski definition) is 0. The average molecular weight is 393 g/mol. The number of aryl methyl sites for hydroxylation is 1. The van der Waals surface area contributed by atoms with Gasteiger partial charge in [-0.15, -0.1) is 0 Å². The van der Waals surface area contributed by atoms with Crippen LogP contribution in [-0.2, 0) is 9.22 Å². The van der Waals surface area contributed by atoms with Crippen LogP contribution in [0.25, 0.3) is 0 Å². The molecule has 6 heteroatoms. The number of nitrogens with zero attached hydrogens (tertiary/aromatic N) is 2. The summed E-state index contributed by atoms with van der Waals surface area (Å²) in [7, 11) is -1.94. The highest BCUT2D eigenvalue weighted by atomic mass is 32.1. The fraction of sp³-hybridized carbons (Fsp3) is 0.650. The first-order chi connectivity index (χ1) is 11.8. The van der Waals surface area contributed by atoms with Gasteiger partial charge >= 0.3 is 0 Å². The Kier molecular flexibility index (Phi) is 6.10. The SMILES string of the molecule is Cc1ccnc(C(=S)[C@H](C)C2CC(=O)N2C(C)O[Si](C)(C)C(C)(C)C)c1. The van der Waals surface area contributed by atoms with Gasteiger partial charge in [0, 0.05) is 23.4 Å². The Bertz CT molecular complexity index is 699. The minimum Gasteiger partial charge on any atom is -0.397 e. The molecule has 1 aromatic rings. The van der Waals surface area contributed by atoms with Crippen LogP contribution in [0.15, 0.2) is 18.3 Å². The number of thiocarbonyl (C=S) groups is 1. The summed E-state index contributed by atoms with van der Waals surface area (Å²) in [5.74, 6) is 0.218. The van der Waals surface area contributed by atoms with Gasteiger partial charge in [-0.05, 0) is 49.7 Å². The average Bonchev–Trinajstić information content (AvgIpc) is 2.49. The zero-order valence-electron chi connectivity index (χ0n) is 17.3. The van der Waals surface area contributed by atoms with E-state index in [1.807, 2.05) is 30.9 Å². The molecule has 2 rings (SSSR count). The van der Waals surface area contributed by atoms with Crippen molar-refractivity contribution in [2.45, 2.75) is 78.4 Å². The first kappa shape index (κ1) is 21.2. The van der Waals surface area contributed by atoms with Crippen LogP contribution in [0.3, 0.4) is 0 Å². The molecule has 0 aliphatic carbocycles. The standard InChI is InChI=1S/C20H32N2O2SSi/c1-13-9-10-21-16(11-13)19(25)14(2)17-12-18(23)22(17)15(3)24-26(7,8)20(4,5)6/h9-11,14-15,17H,12H2,1-8H3/t14-,15?,17?/m1/s1. The predicted molar refractivity (Wildman–Crippen MR) is 113 cm³/mol. The molecule has 1 saturated heterocycles. The van der Waals surface area contributed by atoms with Gasteiger partial charge in [0.1, 0.15) is 6.23 Å². The van der Waals surface area contributed by atoms with E-state index in [0.29, 0.717) is 6.42 Å².